The maximum absolute atomic E-state index is 14.1. The second-order valence-corrected chi connectivity index (χ2v) is 11.2. The average molecular weight is 585 g/mol. The van der Waals surface area contributed by atoms with Crippen LogP contribution < -0.4 is 5.32 Å². The van der Waals surface area contributed by atoms with Crippen molar-refractivity contribution in [3.05, 3.63) is 99.3 Å². The first-order valence-corrected chi connectivity index (χ1v) is 14.3. The molecule has 0 saturated carbocycles. The number of hydrogen-bond donors (Lipinski definition) is 1. The van der Waals surface area contributed by atoms with Crippen molar-refractivity contribution in [1.82, 2.24) is 9.80 Å². The number of anilines is 1. The first-order chi connectivity index (χ1) is 19.3. The molecule has 5 rings (SSSR count). The molecule has 1 fully saturated rings. The molecule has 0 bridgehead atoms. The van der Waals surface area contributed by atoms with E-state index in [1.165, 1.54) is 12.1 Å². The number of piperidine rings is 1. The van der Waals surface area contributed by atoms with Crippen LogP contribution in [0.4, 0.5) is 14.9 Å². The Morgan fingerprint density at radius 3 is 2.52 bits per heavy atom. The zero-order valence-corrected chi connectivity index (χ0v) is 23.8. The second kappa shape index (κ2) is 12.2. The first kappa shape index (κ1) is 28.4. The van der Waals surface area contributed by atoms with E-state index in [2.05, 4.69) is 10.2 Å². The molecule has 2 heterocycles. The van der Waals surface area contributed by atoms with Crippen molar-refractivity contribution < 1.29 is 18.7 Å². The van der Waals surface area contributed by atoms with Crippen molar-refractivity contribution in [3.8, 4) is 0 Å². The number of nitrogens with one attached hydrogen (secondary N) is 1. The number of halogens is 3. The topological polar surface area (TPSA) is 61.9 Å². The molecule has 0 aromatic heterocycles. The van der Waals surface area contributed by atoms with Crippen LogP contribution in [-0.2, 0) is 21.7 Å². The van der Waals surface area contributed by atoms with E-state index in [-0.39, 0.29) is 11.7 Å². The van der Waals surface area contributed by atoms with Gasteiger partial charge in [0.15, 0.2) is 0 Å². The summed E-state index contributed by atoms with van der Waals surface area (Å²) >= 11 is 12.5. The fraction of sp³-hybridized carbons (Fsp3) is 0.355. The van der Waals surface area contributed by atoms with Gasteiger partial charge in [-0.2, -0.15) is 0 Å². The smallest absolute Gasteiger partial charge is 0.412 e. The maximum Gasteiger partial charge on any atom is 0.412 e. The van der Waals surface area contributed by atoms with E-state index >= 15 is 0 Å². The van der Waals surface area contributed by atoms with Crippen LogP contribution in [-0.4, -0.2) is 48.0 Å². The molecule has 210 valence electrons. The number of hydrogen-bond acceptors (Lipinski definition) is 4. The normalized spacial score (nSPS) is 17.1. The molecule has 2 amide bonds. The van der Waals surface area contributed by atoms with E-state index in [0.717, 1.165) is 11.1 Å². The summed E-state index contributed by atoms with van der Waals surface area (Å²) in [5.74, 6) is -0.727. The van der Waals surface area contributed by atoms with E-state index in [1.54, 1.807) is 18.2 Å². The Bertz CT molecular complexity index is 1380. The molecule has 40 heavy (non-hydrogen) atoms. The Hall–Kier alpha value is -3.13. The van der Waals surface area contributed by atoms with Crippen molar-refractivity contribution in [3.63, 3.8) is 0 Å². The Labute approximate surface area is 244 Å². The van der Waals surface area contributed by atoms with Gasteiger partial charge in [-0.15, -0.1) is 0 Å². The third-order valence-electron chi connectivity index (χ3n) is 7.95. The Kier molecular flexibility index (Phi) is 8.64. The van der Waals surface area contributed by atoms with Gasteiger partial charge in [0.2, 0.25) is 5.91 Å². The molecule has 2 aliphatic rings. The summed E-state index contributed by atoms with van der Waals surface area (Å²) in [6.07, 6.45) is 1.15. The molecular weight excluding hydrogens is 552 g/mol. The molecule has 3 aromatic carbocycles. The number of amides is 2. The highest BCUT2D eigenvalue weighted by Crippen LogP contribution is 2.44. The molecule has 0 aliphatic carbocycles. The number of benzene rings is 3. The van der Waals surface area contributed by atoms with Crippen LogP contribution in [0.5, 0.6) is 0 Å². The highest BCUT2D eigenvalue weighted by molar-refractivity contribution is 6.42. The lowest BCUT2D eigenvalue weighted by molar-refractivity contribution is -0.133. The minimum absolute atomic E-state index is 0.0370. The zero-order chi connectivity index (χ0) is 28.3. The third kappa shape index (κ3) is 6.12. The average Bonchev–Trinajstić information content (AvgIpc) is 2.95. The van der Waals surface area contributed by atoms with E-state index in [0.29, 0.717) is 73.3 Å². The summed E-state index contributed by atoms with van der Waals surface area (Å²) < 4.78 is 19.9. The number of carbonyl (C=O) groups excluding carboxylic acids is 2. The largest absolute Gasteiger partial charge is 0.438 e. The molecule has 1 unspecified atom stereocenters. The lowest BCUT2D eigenvalue weighted by Gasteiger charge is -2.44. The standard InChI is InChI=1S/C31H32Cl2FN3O3/c1-2-37(20-21-6-4-3-5-7-21)29(38)24(22-8-10-26(32)27(33)18-22)12-15-36-16-13-31(14-17-36)25-19-23(34)9-11-28(25)35-30(39)40-31/h3-11,18-19,24H,2,12-17,20H2,1H3,(H,35,39). The summed E-state index contributed by atoms with van der Waals surface area (Å²) in [6.45, 7) is 5.04. The van der Waals surface area contributed by atoms with Gasteiger partial charge in [-0.1, -0.05) is 59.6 Å². The highest BCUT2D eigenvalue weighted by Gasteiger charge is 2.44. The van der Waals surface area contributed by atoms with Gasteiger partial charge in [-0.3, -0.25) is 10.1 Å². The van der Waals surface area contributed by atoms with Gasteiger partial charge >= 0.3 is 6.09 Å². The monoisotopic (exact) mass is 583 g/mol. The molecule has 0 radical (unpaired) electrons. The minimum Gasteiger partial charge on any atom is -0.438 e. The van der Waals surface area contributed by atoms with Crippen LogP contribution in [0.2, 0.25) is 10.0 Å². The van der Waals surface area contributed by atoms with Crippen LogP contribution in [0, 0.1) is 5.82 Å². The van der Waals surface area contributed by atoms with Crippen molar-refractivity contribution in [2.24, 2.45) is 0 Å². The second-order valence-electron chi connectivity index (χ2n) is 10.4. The van der Waals surface area contributed by atoms with Crippen LogP contribution in [0.15, 0.2) is 66.7 Å². The molecule has 1 saturated heterocycles. The molecular formula is C31H32Cl2FN3O3. The summed E-state index contributed by atoms with van der Waals surface area (Å²) in [5.41, 5.74) is 2.31. The first-order valence-electron chi connectivity index (χ1n) is 13.6. The fourth-order valence-corrected chi connectivity index (χ4v) is 6.03. The van der Waals surface area contributed by atoms with E-state index in [9.17, 15) is 14.0 Å². The fourth-order valence-electron chi connectivity index (χ4n) is 5.72. The third-order valence-corrected chi connectivity index (χ3v) is 8.69. The van der Waals surface area contributed by atoms with Gasteiger partial charge in [-0.05, 0) is 61.3 Å². The number of carbonyl (C=O) groups is 2. The van der Waals surface area contributed by atoms with Crippen LogP contribution >= 0.6 is 23.2 Å². The molecule has 2 aliphatic heterocycles. The summed E-state index contributed by atoms with van der Waals surface area (Å²) in [7, 11) is 0. The zero-order valence-electron chi connectivity index (χ0n) is 22.3. The highest BCUT2D eigenvalue weighted by atomic mass is 35.5. The number of fused-ring (bicyclic) bond motifs is 2. The number of ether oxygens (including phenoxy) is 1. The van der Waals surface area contributed by atoms with Crippen molar-refractivity contribution in [1.29, 1.82) is 0 Å². The molecule has 9 heteroatoms. The van der Waals surface area contributed by atoms with Crippen molar-refractivity contribution in [2.45, 2.75) is 44.2 Å². The summed E-state index contributed by atoms with van der Waals surface area (Å²) in [4.78, 5) is 30.3. The molecule has 1 N–H and O–H groups in total. The predicted octanol–water partition coefficient (Wildman–Crippen LogP) is 7.21. The Balaban J connectivity index is 1.31. The van der Waals surface area contributed by atoms with Gasteiger partial charge < -0.3 is 14.5 Å². The van der Waals surface area contributed by atoms with Crippen molar-refractivity contribution in [2.75, 3.05) is 31.5 Å². The summed E-state index contributed by atoms with van der Waals surface area (Å²) in [6, 6.07) is 19.7. The number of likely N-dealkylation sites (tertiary alicyclic amines) is 1. The molecule has 1 atom stereocenters. The lowest BCUT2D eigenvalue weighted by atomic mass is 9.82. The van der Waals surface area contributed by atoms with Gasteiger partial charge in [0.25, 0.3) is 0 Å². The van der Waals surface area contributed by atoms with Crippen LogP contribution in [0.3, 0.4) is 0 Å². The maximum atomic E-state index is 14.1. The minimum atomic E-state index is -0.857. The number of rotatable bonds is 8. The van der Waals surface area contributed by atoms with E-state index < -0.39 is 17.6 Å². The molecule has 1 spiro atoms. The quantitative estimate of drug-likeness (QED) is 0.304. The predicted molar refractivity (Wildman–Crippen MR) is 155 cm³/mol. The van der Waals surface area contributed by atoms with Crippen LogP contribution in [0.1, 0.15) is 48.8 Å². The van der Waals surface area contributed by atoms with E-state index in [4.69, 9.17) is 27.9 Å². The lowest BCUT2D eigenvalue weighted by Crippen LogP contribution is -2.48. The van der Waals surface area contributed by atoms with E-state index in [1.807, 2.05) is 48.2 Å². The number of likely N-dealkylation sites (N-methyl/N-ethyl adjacent to an activating group) is 1. The van der Waals surface area contributed by atoms with Gasteiger partial charge in [0.05, 0.1) is 21.7 Å². The van der Waals surface area contributed by atoms with Gasteiger partial charge in [0.1, 0.15) is 11.4 Å². The Morgan fingerprint density at radius 1 is 1.07 bits per heavy atom. The SMILES string of the molecule is CCN(Cc1ccccc1)C(=O)C(CCN1CCC2(CC1)OC(=O)Nc1ccc(F)cc12)c1ccc(Cl)c(Cl)c1. The van der Waals surface area contributed by atoms with Crippen LogP contribution in [0.25, 0.3) is 0 Å². The number of nitrogens with zero attached hydrogens (tertiary/aromatic N) is 2. The Morgan fingerprint density at radius 2 is 1.82 bits per heavy atom. The van der Waals surface area contributed by atoms with Crippen molar-refractivity contribution >= 4 is 40.9 Å². The molecule has 6 nitrogen and oxygen atoms in total. The van der Waals surface area contributed by atoms with Gasteiger partial charge in [0, 0.05) is 44.6 Å². The molecule has 3 aromatic rings. The van der Waals surface area contributed by atoms with Gasteiger partial charge in [-0.25, -0.2) is 9.18 Å². The summed E-state index contributed by atoms with van der Waals surface area (Å²) in [5, 5.41) is 3.54.